The molecule has 1 saturated carbocycles. The summed E-state index contributed by atoms with van der Waals surface area (Å²) in [5.41, 5.74) is 0. The van der Waals surface area contributed by atoms with Gasteiger partial charge in [0.05, 0.1) is 0 Å². The Kier molecular flexibility index (Phi) is 3.62. The molecule has 1 aliphatic heterocycles. The first-order valence-corrected chi connectivity index (χ1v) is 6.27. The predicted molar refractivity (Wildman–Crippen MR) is 60.6 cm³/mol. The van der Waals surface area contributed by atoms with Crippen LogP contribution in [0, 0.1) is 5.92 Å². The lowest BCUT2D eigenvalue weighted by molar-refractivity contribution is -0.122. The summed E-state index contributed by atoms with van der Waals surface area (Å²) in [4.78, 5) is 11.7. The van der Waals surface area contributed by atoms with Crippen LogP contribution in [0.15, 0.2) is 0 Å². The van der Waals surface area contributed by atoms with E-state index in [1.165, 1.54) is 25.7 Å². The minimum absolute atomic E-state index is 0.225. The Bertz CT molecular complexity index is 220. The Morgan fingerprint density at radius 3 is 2.87 bits per heavy atom. The fourth-order valence-corrected chi connectivity index (χ4v) is 2.40. The van der Waals surface area contributed by atoms with Crippen LogP contribution in [0.5, 0.6) is 0 Å². The van der Waals surface area contributed by atoms with Crippen molar-refractivity contribution in [1.82, 2.24) is 10.6 Å². The smallest absolute Gasteiger partial charge is 0.221 e. The van der Waals surface area contributed by atoms with Crippen molar-refractivity contribution in [3.05, 3.63) is 0 Å². The van der Waals surface area contributed by atoms with Crippen molar-refractivity contribution in [3.63, 3.8) is 0 Å². The highest BCUT2D eigenvalue weighted by Gasteiger charge is 2.25. The molecule has 1 amide bonds. The molecule has 15 heavy (non-hydrogen) atoms. The zero-order valence-corrected chi connectivity index (χ0v) is 9.59. The minimum atomic E-state index is 0.225. The molecule has 2 rings (SSSR count). The van der Waals surface area contributed by atoms with Crippen molar-refractivity contribution in [2.24, 2.45) is 5.92 Å². The lowest BCUT2D eigenvalue weighted by atomic mass is 10.1. The van der Waals surface area contributed by atoms with Crippen LogP contribution in [-0.4, -0.2) is 24.5 Å². The Morgan fingerprint density at radius 1 is 1.47 bits per heavy atom. The first-order chi connectivity index (χ1) is 7.24. The van der Waals surface area contributed by atoms with Crippen molar-refractivity contribution < 1.29 is 4.79 Å². The summed E-state index contributed by atoms with van der Waals surface area (Å²) in [5, 5.41) is 6.45. The maximum Gasteiger partial charge on any atom is 0.221 e. The molecule has 2 fully saturated rings. The van der Waals surface area contributed by atoms with E-state index in [1.807, 2.05) is 0 Å². The van der Waals surface area contributed by atoms with Crippen LogP contribution in [0.4, 0.5) is 0 Å². The van der Waals surface area contributed by atoms with Crippen molar-refractivity contribution in [2.45, 2.75) is 57.5 Å². The average Bonchev–Trinajstić information content (AvgIpc) is 2.80. The molecule has 86 valence electrons. The molecule has 3 nitrogen and oxygen atoms in total. The number of nitrogens with one attached hydrogen (secondary N) is 2. The zero-order chi connectivity index (χ0) is 10.7. The number of amides is 1. The SMILES string of the molecule is CC(CC1CC1)NC(=O)CC1CCCN1. The zero-order valence-electron chi connectivity index (χ0n) is 9.59. The van der Waals surface area contributed by atoms with E-state index in [0.717, 1.165) is 18.9 Å². The summed E-state index contributed by atoms with van der Waals surface area (Å²) in [6.07, 6.45) is 6.94. The van der Waals surface area contributed by atoms with E-state index in [2.05, 4.69) is 17.6 Å². The largest absolute Gasteiger partial charge is 0.354 e. The van der Waals surface area contributed by atoms with Gasteiger partial charge in [-0.1, -0.05) is 12.8 Å². The van der Waals surface area contributed by atoms with Gasteiger partial charge < -0.3 is 10.6 Å². The van der Waals surface area contributed by atoms with Gasteiger partial charge in [0, 0.05) is 18.5 Å². The number of carbonyl (C=O) groups is 1. The Labute approximate surface area is 92.0 Å². The first kappa shape index (κ1) is 10.9. The van der Waals surface area contributed by atoms with Gasteiger partial charge in [-0.05, 0) is 38.6 Å². The van der Waals surface area contributed by atoms with E-state index >= 15 is 0 Å². The van der Waals surface area contributed by atoms with Crippen LogP contribution in [0.25, 0.3) is 0 Å². The third kappa shape index (κ3) is 3.82. The molecule has 1 aliphatic carbocycles. The van der Waals surface area contributed by atoms with Gasteiger partial charge in [-0.3, -0.25) is 4.79 Å². The van der Waals surface area contributed by atoms with Gasteiger partial charge in [0.2, 0.25) is 5.91 Å². The maximum absolute atomic E-state index is 11.7. The minimum Gasteiger partial charge on any atom is -0.354 e. The Balaban J connectivity index is 1.61. The summed E-state index contributed by atoms with van der Waals surface area (Å²) >= 11 is 0. The van der Waals surface area contributed by atoms with E-state index in [-0.39, 0.29) is 5.91 Å². The third-order valence-corrected chi connectivity index (χ3v) is 3.39. The Morgan fingerprint density at radius 2 is 2.27 bits per heavy atom. The maximum atomic E-state index is 11.7. The molecule has 1 saturated heterocycles. The van der Waals surface area contributed by atoms with Crippen molar-refractivity contribution >= 4 is 5.91 Å². The predicted octanol–water partition coefficient (Wildman–Crippen LogP) is 1.43. The topological polar surface area (TPSA) is 41.1 Å². The quantitative estimate of drug-likeness (QED) is 0.721. The second-order valence-electron chi connectivity index (χ2n) is 5.15. The fourth-order valence-electron chi connectivity index (χ4n) is 2.40. The van der Waals surface area contributed by atoms with E-state index in [1.54, 1.807) is 0 Å². The standard InChI is InChI=1S/C12H22N2O/c1-9(7-10-4-5-10)14-12(15)8-11-3-2-6-13-11/h9-11,13H,2-8H2,1H3,(H,14,15). The summed E-state index contributed by atoms with van der Waals surface area (Å²) in [7, 11) is 0. The summed E-state index contributed by atoms with van der Waals surface area (Å²) < 4.78 is 0. The lowest BCUT2D eigenvalue weighted by Gasteiger charge is -2.15. The fraction of sp³-hybridized carbons (Fsp3) is 0.917. The van der Waals surface area contributed by atoms with Gasteiger partial charge in [0.1, 0.15) is 0 Å². The highest BCUT2D eigenvalue weighted by Crippen LogP contribution is 2.33. The molecule has 0 aromatic heterocycles. The molecule has 0 aromatic rings. The summed E-state index contributed by atoms with van der Waals surface area (Å²) in [5.74, 6) is 1.12. The Hall–Kier alpha value is -0.570. The second-order valence-corrected chi connectivity index (χ2v) is 5.15. The van der Waals surface area contributed by atoms with E-state index in [4.69, 9.17) is 0 Å². The van der Waals surface area contributed by atoms with E-state index in [9.17, 15) is 4.79 Å². The molecule has 0 spiro atoms. The molecule has 0 bridgehead atoms. The van der Waals surface area contributed by atoms with Crippen LogP contribution in [0.2, 0.25) is 0 Å². The van der Waals surface area contributed by atoms with Gasteiger partial charge in [-0.15, -0.1) is 0 Å². The molecule has 3 heteroatoms. The molecule has 2 unspecified atom stereocenters. The number of carbonyl (C=O) groups excluding carboxylic acids is 1. The van der Waals surface area contributed by atoms with Crippen LogP contribution in [0.1, 0.15) is 45.4 Å². The van der Waals surface area contributed by atoms with E-state index < -0.39 is 0 Å². The lowest BCUT2D eigenvalue weighted by Crippen LogP contribution is -2.37. The van der Waals surface area contributed by atoms with E-state index in [0.29, 0.717) is 18.5 Å². The van der Waals surface area contributed by atoms with Crippen molar-refractivity contribution in [3.8, 4) is 0 Å². The number of hydrogen-bond donors (Lipinski definition) is 2. The molecule has 2 aliphatic rings. The summed E-state index contributed by atoms with van der Waals surface area (Å²) in [6.45, 7) is 3.20. The third-order valence-electron chi connectivity index (χ3n) is 3.39. The molecule has 2 atom stereocenters. The van der Waals surface area contributed by atoms with Gasteiger partial charge in [-0.2, -0.15) is 0 Å². The van der Waals surface area contributed by atoms with Crippen LogP contribution >= 0.6 is 0 Å². The van der Waals surface area contributed by atoms with Crippen LogP contribution in [0.3, 0.4) is 0 Å². The molecule has 0 radical (unpaired) electrons. The van der Waals surface area contributed by atoms with Crippen molar-refractivity contribution in [1.29, 1.82) is 0 Å². The molecule has 2 N–H and O–H groups in total. The van der Waals surface area contributed by atoms with Crippen molar-refractivity contribution in [2.75, 3.05) is 6.54 Å². The summed E-state index contributed by atoms with van der Waals surface area (Å²) in [6, 6.07) is 0.796. The first-order valence-electron chi connectivity index (χ1n) is 6.27. The van der Waals surface area contributed by atoms with Crippen LogP contribution < -0.4 is 10.6 Å². The molecular formula is C12H22N2O. The van der Waals surface area contributed by atoms with Crippen LogP contribution in [-0.2, 0) is 4.79 Å². The van der Waals surface area contributed by atoms with Gasteiger partial charge in [-0.25, -0.2) is 0 Å². The molecule has 0 aromatic carbocycles. The highest BCUT2D eigenvalue weighted by molar-refractivity contribution is 5.76. The number of hydrogen-bond acceptors (Lipinski definition) is 2. The van der Waals surface area contributed by atoms with Gasteiger partial charge in [0.25, 0.3) is 0 Å². The molecule has 1 heterocycles. The second kappa shape index (κ2) is 4.97. The normalized spacial score (nSPS) is 27.7. The number of rotatable bonds is 5. The highest BCUT2D eigenvalue weighted by atomic mass is 16.1. The molecular weight excluding hydrogens is 188 g/mol. The van der Waals surface area contributed by atoms with Gasteiger partial charge in [0.15, 0.2) is 0 Å². The average molecular weight is 210 g/mol. The van der Waals surface area contributed by atoms with Gasteiger partial charge >= 0.3 is 0 Å². The monoisotopic (exact) mass is 210 g/mol.